The van der Waals surface area contributed by atoms with E-state index in [1.807, 2.05) is 24.3 Å². The minimum atomic E-state index is -0.417. The van der Waals surface area contributed by atoms with Gasteiger partial charge in [-0.1, -0.05) is 30.7 Å². The molecule has 0 saturated carbocycles. The van der Waals surface area contributed by atoms with Crippen molar-refractivity contribution >= 4 is 35.8 Å². The number of nitrogens with zero attached hydrogens (tertiary/aromatic N) is 2. The summed E-state index contributed by atoms with van der Waals surface area (Å²) in [5.74, 6) is 1.20. The molecule has 2 aromatic rings. The number of nitrogens with two attached hydrogens (primary N) is 1. The largest absolute Gasteiger partial charge is 0.497 e. The number of piperidine rings is 1. The number of rotatable bonds is 8. The molecule has 0 spiro atoms. The Balaban J connectivity index is 0.00000363. The highest BCUT2D eigenvalue weighted by molar-refractivity contribution is 14.0. The minimum Gasteiger partial charge on any atom is -0.497 e. The van der Waals surface area contributed by atoms with Crippen molar-refractivity contribution in [2.75, 3.05) is 33.8 Å². The van der Waals surface area contributed by atoms with Gasteiger partial charge in [0.05, 0.1) is 13.2 Å². The first kappa shape index (κ1) is 25.9. The summed E-state index contributed by atoms with van der Waals surface area (Å²) in [4.78, 5) is 18.1. The molecule has 1 heterocycles. The van der Waals surface area contributed by atoms with E-state index in [0.717, 1.165) is 36.9 Å². The van der Waals surface area contributed by atoms with Crippen molar-refractivity contribution in [3.63, 3.8) is 0 Å². The number of nitrogens with one attached hydrogen (secondary N) is 2. The van der Waals surface area contributed by atoms with Gasteiger partial charge in [0.25, 0.3) is 0 Å². The van der Waals surface area contributed by atoms with Gasteiger partial charge in [0.15, 0.2) is 5.96 Å². The third-order valence-electron chi connectivity index (χ3n) is 5.72. The van der Waals surface area contributed by atoms with E-state index >= 15 is 0 Å². The van der Waals surface area contributed by atoms with Crippen LogP contribution in [0.4, 0.5) is 0 Å². The molecular formula is C24H34IN5O2. The molecule has 0 radical (unpaired) electrons. The van der Waals surface area contributed by atoms with Crippen molar-refractivity contribution in [2.24, 2.45) is 10.7 Å². The zero-order valence-corrected chi connectivity index (χ0v) is 21.2. The second-order valence-electron chi connectivity index (χ2n) is 7.75. The Hall–Kier alpha value is -2.33. The molecule has 1 atom stereocenters. The lowest BCUT2D eigenvalue weighted by Crippen LogP contribution is -2.44. The molecule has 1 amide bonds. The number of halogens is 1. The molecule has 2 aromatic carbocycles. The van der Waals surface area contributed by atoms with Crippen molar-refractivity contribution in [2.45, 2.75) is 31.8 Å². The molecule has 174 valence electrons. The predicted molar refractivity (Wildman–Crippen MR) is 140 cm³/mol. The number of aliphatic imine (C=N–C) groups is 1. The maximum atomic E-state index is 11.2. The van der Waals surface area contributed by atoms with E-state index in [1.165, 1.54) is 24.8 Å². The fourth-order valence-electron chi connectivity index (χ4n) is 3.90. The normalized spacial score (nSPS) is 15.4. The highest BCUT2D eigenvalue weighted by atomic mass is 127. The first-order valence-corrected chi connectivity index (χ1v) is 10.8. The van der Waals surface area contributed by atoms with Gasteiger partial charge >= 0.3 is 0 Å². The number of amides is 1. The maximum Gasteiger partial charge on any atom is 0.248 e. The van der Waals surface area contributed by atoms with Gasteiger partial charge in [0.2, 0.25) is 5.91 Å². The summed E-state index contributed by atoms with van der Waals surface area (Å²) in [6.45, 7) is 3.58. The molecule has 1 saturated heterocycles. The summed E-state index contributed by atoms with van der Waals surface area (Å²) in [5, 5.41) is 6.83. The summed E-state index contributed by atoms with van der Waals surface area (Å²) < 4.78 is 5.32. The molecule has 32 heavy (non-hydrogen) atoms. The van der Waals surface area contributed by atoms with Crippen molar-refractivity contribution in [3.05, 3.63) is 65.2 Å². The zero-order chi connectivity index (χ0) is 22.1. The number of carbonyl (C=O) groups is 1. The summed E-state index contributed by atoms with van der Waals surface area (Å²) in [7, 11) is 3.46. The van der Waals surface area contributed by atoms with Crippen LogP contribution in [0, 0.1) is 0 Å². The highest BCUT2D eigenvalue weighted by Gasteiger charge is 2.22. The molecule has 1 aliphatic heterocycles. The number of likely N-dealkylation sites (tertiary alicyclic amines) is 1. The standard InChI is InChI=1S/C24H33N5O2.HI/c1-26-24(27-16-18-6-8-20(9-7-18)23(25)30)28-17-22(29-14-4-3-5-15-29)19-10-12-21(31-2)13-11-19;/h6-13,22H,3-5,14-17H2,1-2H3,(H2,25,30)(H2,26,27,28);1H. The number of carbonyl (C=O) groups excluding carboxylic acids is 1. The van der Waals surface area contributed by atoms with Gasteiger partial charge in [-0.25, -0.2) is 0 Å². The molecule has 7 nitrogen and oxygen atoms in total. The maximum absolute atomic E-state index is 11.2. The molecule has 1 aliphatic rings. The smallest absolute Gasteiger partial charge is 0.248 e. The molecule has 0 bridgehead atoms. The van der Waals surface area contributed by atoms with E-state index in [4.69, 9.17) is 10.5 Å². The van der Waals surface area contributed by atoms with Crippen molar-refractivity contribution in [1.29, 1.82) is 0 Å². The van der Waals surface area contributed by atoms with Crippen LogP contribution < -0.4 is 21.1 Å². The van der Waals surface area contributed by atoms with Crippen molar-refractivity contribution in [1.82, 2.24) is 15.5 Å². The zero-order valence-electron chi connectivity index (χ0n) is 18.8. The number of methoxy groups -OCH3 is 1. The van der Waals surface area contributed by atoms with Crippen LogP contribution >= 0.6 is 24.0 Å². The molecule has 3 rings (SSSR count). The van der Waals surface area contributed by atoms with Gasteiger partial charge in [-0.2, -0.15) is 0 Å². The lowest BCUT2D eigenvalue weighted by molar-refractivity contribution is 0.100. The first-order chi connectivity index (χ1) is 15.1. The number of guanidine groups is 1. The molecule has 0 aliphatic carbocycles. The number of primary amides is 1. The van der Waals surface area contributed by atoms with E-state index in [1.54, 1.807) is 26.3 Å². The number of ether oxygens (including phenoxy) is 1. The SMILES string of the molecule is CN=C(NCc1ccc(C(N)=O)cc1)NCC(c1ccc(OC)cc1)N1CCCCC1.I. The second kappa shape index (κ2) is 13.3. The third-order valence-corrected chi connectivity index (χ3v) is 5.72. The van der Waals surface area contributed by atoms with Crippen molar-refractivity contribution in [3.8, 4) is 5.75 Å². The average Bonchev–Trinajstić information content (AvgIpc) is 2.82. The highest BCUT2D eigenvalue weighted by Crippen LogP contribution is 2.25. The second-order valence-corrected chi connectivity index (χ2v) is 7.75. The van der Waals surface area contributed by atoms with Crippen LogP contribution in [-0.2, 0) is 6.54 Å². The predicted octanol–water partition coefficient (Wildman–Crippen LogP) is 3.30. The quantitative estimate of drug-likeness (QED) is 0.266. The van der Waals surface area contributed by atoms with Gasteiger partial charge in [0.1, 0.15) is 5.75 Å². The van der Waals surface area contributed by atoms with Crippen LogP contribution in [0.1, 0.15) is 46.8 Å². The molecule has 1 unspecified atom stereocenters. The van der Waals surface area contributed by atoms with Gasteiger partial charge in [-0.05, 0) is 61.3 Å². The van der Waals surface area contributed by atoms with E-state index < -0.39 is 5.91 Å². The van der Waals surface area contributed by atoms with Crippen LogP contribution in [-0.4, -0.2) is 50.6 Å². The average molecular weight is 551 g/mol. The summed E-state index contributed by atoms with van der Waals surface area (Å²) >= 11 is 0. The first-order valence-electron chi connectivity index (χ1n) is 10.8. The van der Waals surface area contributed by atoms with Gasteiger partial charge in [-0.15, -0.1) is 24.0 Å². The van der Waals surface area contributed by atoms with Gasteiger partial charge in [-0.3, -0.25) is 14.7 Å². The summed E-state index contributed by atoms with van der Waals surface area (Å²) in [6.07, 6.45) is 3.78. The molecule has 8 heteroatoms. The number of hydrogen-bond donors (Lipinski definition) is 3. The number of hydrogen-bond acceptors (Lipinski definition) is 4. The van der Waals surface area contributed by atoms with E-state index in [9.17, 15) is 4.79 Å². The topological polar surface area (TPSA) is 92.0 Å². The van der Waals surface area contributed by atoms with Crippen LogP contribution in [0.5, 0.6) is 5.75 Å². The van der Waals surface area contributed by atoms with Crippen molar-refractivity contribution < 1.29 is 9.53 Å². The van der Waals surface area contributed by atoms with E-state index in [0.29, 0.717) is 12.1 Å². The molecular weight excluding hydrogens is 517 g/mol. The Morgan fingerprint density at radius 1 is 1.06 bits per heavy atom. The van der Waals surface area contributed by atoms with Gasteiger partial charge in [0, 0.05) is 25.7 Å². The van der Waals surface area contributed by atoms with Crippen LogP contribution in [0.3, 0.4) is 0 Å². The van der Waals surface area contributed by atoms with Crippen LogP contribution in [0.15, 0.2) is 53.5 Å². The Morgan fingerprint density at radius 2 is 1.72 bits per heavy atom. The van der Waals surface area contributed by atoms with Gasteiger partial charge < -0.3 is 21.1 Å². The fourth-order valence-corrected chi connectivity index (χ4v) is 3.90. The Bertz CT molecular complexity index is 865. The summed E-state index contributed by atoms with van der Waals surface area (Å²) in [6, 6.07) is 15.9. The Morgan fingerprint density at radius 3 is 2.28 bits per heavy atom. The molecule has 4 N–H and O–H groups in total. The number of benzene rings is 2. The molecule has 0 aromatic heterocycles. The summed E-state index contributed by atoms with van der Waals surface area (Å²) in [5.41, 5.74) is 8.14. The van der Waals surface area contributed by atoms with E-state index in [-0.39, 0.29) is 30.0 Å². The monoisotopic (exact) mass is 551 g/mol. The van der Waals surface area contributed by atoms with Crippen LogP contribution in [0.2, 0.25) is 0 Å². The lowest BCUT2D eigenvalue weighted by atomic mass is 10.0. The van der Waals surface area contributed by atoms with E-state index in [2.05, 4.69) is 32.7 Å². The molecule has 1 fully saturated rings. The Kier molecular flexibility index (Phi) is 10.8. The van der Waals surface area contributed by atoms with Crippen LogP contribution in [0.25, 0.3) is 0 Å². The minimum absolute atomic E-state index is 0. The third kappa shape index (κ3) is 7.37. The lowest BCUT2D eigenvalue weighted by Gasteiger charge is -2.35. The Labute approximate surface area is 207 Å². The fraction of sp³-hybridized carbons (Fsp3) is 0.417.